The van der Waals surface area contributed by atoms with Gasteiger partial charge in [0.25, 0.3) is 5.91 Å². The van der Waals surface area contributed by atoms with Gasteiger partial charge in [-0.25, -0.2) is 4.79 Å². The number of nitrogens with zero attached hydrogens (tertiary/aromatic N) is 1. The van der Waals surface area contributed by atoms with Crippen LogP contribution in [0, 0.1) is 6.92 Å². The Bertz CT molecular complexity index is 1100. The van der Waals surface area contributed by atoms with Crippen LogP contribution >= 0.6 is 0 Å². The number of rotatable bonds is 5. The molecule has 2 heterocycles. The minimum atomic E-state index is -0.708. The number of fused-ring (bicyclic) bond motifs is 1. The normalized spacial score (nSPS) is 15.1. The number of piperidine rings is 1. The summed E-state index contributed by atoms with van der Waals surface area (Å²) in [6.07, 6.45) is 3.04. The van der Waals surface area contributed by atoms with Gasteiger partial charge in [-0.1, -0.05) is 0 Å². The molecule has 4 rings (SSSR count). The second-order valence-electron chi connectivity index (χ2n) is 7.75. The summed E-state index contributed by atoms with van der Waals surface area (Å²) < 4.78 is 11.0. The molecular formula is C24H26N2O4. The van der Waals surface area contributed by atoms with Gasteiger partial charge in [-0.2, -0.15) is 0 Å². The molecule has 30 heavy (non-hydrogen) atoms. The largest absolute Gasteiger partial charge is 0.481 e. The summed E-state index contributed by atoms with van der Waals surface area (Å²) in [7, 11) is 0. The van der Waals surface area contributed by atoms with Crippen LogP contribution in [0.25, 0.3) is 11.0 Å². The third-order valence-electron chi connectivity index (χ3n) is 5.46. The zero-order valence-corrected chi connectivity index (χ0v) is 17.3. The monoisotopic (exact) mass is 406 g/mol. The van der Waals surface area contributed by atoms with Crippen molar-refractivity contribution in [1.29, 1.82) is 0 Å². The average Bonchev–Trinajstić information content (AvgIpc) is 2.74. The molecule has 1 aliphatic rings. The Morgan fingerprint density at radius 1 is 1.07 bits per heavy atom. The van der Waals surface area contributed by atoms with E-state index in [1.54, 1.807) is 19.1 Å². The summed E-state index contributed by atoms with van der Waals surface area (Å²) in [6.45, 7) is 5.71. The zero-order chi connectivity index (χ0) is 21.1. The van der Waals surface area contributed by atoms with Crippen molar-refractivity contribution < 1.29 is 13.9 Å². The highest BCUT2D eigenvalue weighted by atomic mass is 16.5. The maximum absolute atomic E-state index is 12.6. The average molecular weight is 406 g/mol. The lowest BCUT2D eigenvalue weighted by atomic mass is 10.1. The fraction of sp³-hybridized carbons (Fsp3) is 0.333. The topological polar surface area (TPSA) is 71.8 Å². The quantitative estimate of drug-likeness (QED) is 0.632. The predicted molar refractivity (Wildman–Crippen MR) is 118 cm³/mol. The number of anilines is 2. The summed E-state index contributed by atoms with van der Waals surface area (Å²) in [5.41, 5.74) is 2.79. The first-order valence-corrected chi connectivity index (χ1v) is 10.4. The Morgan fingerprint density at radius 3 is 2.53 bits per heavy atom. The van der Waals surface area contributed by atoms with E-state index in [-0.39, 0.29) is 5.91 Å². The highest BCUT2D eigenvalue weighted by molar-refractivity contribution is 5.94. The van der Waals surface area contributed by atoms with Gasteiger partial charge in [0.2, 0.25) is 0 Å². The van der Waals surface area contributed by atoms with Crippen LogP contribution in [0.15, 0.2) is 57.7 Å². The van der Waals surface area contributed by atoms with Crippen LogP contribution in [0.2, 0.25) is 0 Å². The van der Waals surface area contributed by atoms with Crippen LogP contribution in [-0.4, -0.2) is 25.1 Å². The highest BCUT2D eigenvalue weighted by Crippen LogP contribution is 2.24. The Hall–Kier alpha value is -3.28. The van der Waals surface area contributed by atoms with E-state index in [2.05, 4.69) is 10.2 Å². The van der Waals surface area contributed by atoms with Gasteiger partial charge in [0.1, 0.15) is 11.3 Å². The number of nitrogens with one attached hydrogen (secondary N) is 1. The number of hydrogen-bond acceptors (Lipinski definition) is 5. The molecule has 0 bridgehead atoms. The van der Waals surface area contributed by atoms with E-state index >= 15 is 0 Å². The molecule has 6 heteroatoms. The lowest BCUT2D eigenvalue weighted by Gasteiger charge is -2.28. The van der Waals surface area contributed by atoms with Crippen molar-refractivity contribution in [1.82, 2.24) is 0 Å². The smallest absolute Gasteiger partial charge is 0.336 e. The van der Waals surface area contributed by atoms with Crippen LogP contribution in [0.5, 0.6) is 5.75 Å². The summed E-state index contributed by atoms with van der Waals surface area (Å²) in [5.74, 6) is 0.228. The van der Waals surface area contributed by atoms with E-state index in [1.807, 2.05) is 37.3 Å². The Kier molecular flexibility index (Phi) is 5.74. The highest BCUT2D eigenvalue weighted by Gasteiger charge is 2.16. The molecule has 3 aromatic rings. The maximum Gasteiger partial charge on any atom is 0.336 e. The first-order valence-electron chi connectivity index (χ1n) is 10.4. The minimum Gasteiger partial charge on any atom is -0.481 e. The van der Waals surface area contributed by atoms with Crippen molar-refractivity contribution in [3.05, 3.63) is 64.5 Å². The van der Waals surface area contributed by atoms with Gasteiger partial charge in [0, 0.05) is 42.0 Å². The fourth-order valence-corrected chi connectivity index (χ4v) is 3.79. The van der Waals surface area contributed by atoms with Crippen molar-refractivity contribution in [2.45, 2.75) is 39.2 Å². The molecule has 1 aliphatic heterocycles. The van der Waals surface area contributed by atoms with Crippen LogP contribution in [-0.2, 0) is 4.79 Å². The first kappa shape index (κ1) is 20.0. The number of aryl methyl sites for hydroxylation is 1. The van der Waals surface area contributed by atoms with E-state index in [9.17, 15) is 9.59 Å². The second kappa shape index (κ2) is 8.61. The maximum atomic E-state index is 12.6. The number of hydrogen-bond donors (Lipinski definition) is 1. The third kappa shape index (κ3) is 4.48. The zero-order valence-electron chi connectivity index (χ0n) is 17.3. The molecule has 0 spiro atoms. The van der Waals surface area contributed by atoms with E-state index in [4.69, 9.17) is 9.15 Å². The predicted octanol–water partition coefficient (Wildman–Crippen LogP) is 4.50. The van der Waals surface area contributed by atoms with Gasteiger partial charge in [0.15, 0.2) is 6.10 Å². The van der Waals surface area contributed by atoms with Gasteiger partial charge < -0.3 is 19.4 Å². The summed E-state index contributed by atoms with van der Waals surface area (Å²) in [4.78, 5) is 26.5. The van der Waals surface area contributed by atoms with E-state index in [1.165, 1.54) is 31.0 Å². The van der Waals surface area contributed by atoms with Crippen molar-refractivity contribution in [3.63, 3.8) is 0 Å². The van der Waals surface area contributed by atoms with E-state index in [0.717, 1.165) is 29.7 Å². The number of carbonyl (C=O) groups is 1. The number of benzene rings is 2. The van der Waals surface area contributed by atoms with Gasteiger partial charge in [-0.3, -0.25) is 4.79 Å². The Labute approximate surface area is 175 Å². The van der Waals surface area contributed by atoms with Gasteiger partial charge >= 0.3 is 5.63 Å². The van der Waals surface area contributed by atoms with Crippen LogP contribution in [0.1, 0.15) is 31.7 Å². The minimum absolute atomic E-state index is 0.244. The van der Waals surface area contributed by atoms with E-state index in [0.29, 0.717) is 11.3 Å². The van der Waals surface area contributed by atoms with Crippen molar-refractivity contribution >= 4 is 28.3 Å². The molecule has 1 aromatic heterocycles. The summed E-state index contributed by atoms with van der Waals surface area (Å²) >= 11 is 0. The molecule has 1 N–H and O–H groups in total. The van der Waals surface area contributed by atoms with E-state index < -0.39 is 11.7 Å². The van der Waals surface area contributed by atoms with Gasteiger partial charge in [-0.15, -0.1) is 0 Å². The van der Waals surface area contributed by atoms with Gasteiger partial charge in [0.05, 0.1) is 0 Å². The molecule has 156 valence electrons. The van der Waals surface area contributed by atoms with Gasteiger partial charge in [-0.05, 0) is 75.1 Å². The lowest BCUT2D eigenvalue weighted by Crippen LogP contribution is -2.30. The number of carbonyl (C=O) groups excluding carboxylic acids is 1. The fourth-order valence-electron chi connectivity index (χ4n) is 3.79. The van der Waals surface area contributed by atoms with Crippen LogP contribution in [0.3, 0.4) is 0 Å². The molecule has 0 aliphatic carbocycles. The standard InChI is InChI=1S/C24H26N2O4/c1-16-14-23(27)30-22-15-20(10-11-21(16)22)29-17(2)24(28)25-18-6-8-19(9-7-18)26-12-4-3-5-13-26/h6-11,14-15,17H,3-5,12-13H2,1-2H3,(H,25,28)/t17-/m1/s1. The summed E-state index contributed by atoms with van der Waals surface area (Å²) in [6, 6.07) is 14.6. The van der Waals surface area contributed by atoms with Crippen LogP contribution < -0.4 is 20.6 Å². The summed E-state index contributed by atoms with van der Waals surface area (Å²) in [5, 5.41) is 3.73. The lowest BCUT2D eigenvalue weighted by molar-refractivity contribution is -0.122. The van der Waals surface area contributed by atoms with Crippen LogP contribution in [0.4, 0.5) is 11.4 Å². The third-order valence-corrected chi connectivity index (χ3v) is 5.46. The van der Waals surface area contributed by atoms with Crippen molar-refractivity contribution in [2.75, 3.05) is 23.3 Å². The molecule has 6 nitrogen and oxygen atoms in total. The SMILES string of the molecule is Cc1cc(=O)oc2cc(O[C@H](C)C(=O)Nc3ccc(N4CCCCC4)cc3)ccc12. The molecule has 1 fully saturated rings. The molecule has 2 aromatic carbocycles. The first-order chi connectivity index (χ1) is 14.5. The molecule has 0 unspecified atom stereocenters. The Morgan fingerprint density at radius 2 is 1.80 bits per heavy atom. The van der Waals surface area contributed by atoms with Crippen molar-refractivity contribution in [2.24, 2.45) is 0 Å². The number of ether oxygens (including phenoxy) is 1. The Balaban J connectivity index is 1.40. The molecule has 0 saturated carbocycles. The van der Waals surface area contributed by atoms with Crippen molar-refractivity contribution in [3.8, 4) is 5.75 Å². The molecule has 1 amide bonds. The molecule has 0 radical (unpaired) electrons. The molecular weight excluding hydrogens is 380 g/mol. The molecule has 1 saturated heterocycles. The molecule has 1 atom stereocenters. The second-order valence-corrected chi connectivity index (χ2v) is 7.75. The number of amides is 1.